The zero-order valence-electron chi connectivity index (χ0n) is 17.6. The number of benzene rings is 2. The Labute approximate surface area is 192 Å². The summed E-state index contributed by atoms with van der Waals surface area (Å²) in [5, 5.41) is 3.57. The molecule has 0 saturated heterocycles. The van der Waals surface area contributed by atoms with E-state index in [0.29, 0.717) is 28.8 Å². The van der Waals surface area contributed by atoms with Crippen molar-refractivity contribution in [1.82, 2.24) is 9.29 Å². The van der Waals surface area contributed by atoms with Gasteiger partial charge in [0.2, 0.25) is 16.8 Å². The lowest BCUT2D eigenvalue weighted by atomic mass is 10.2. The molecule has 2 heterocycles. The lowest BCUT2D eigenvalue weighted by molar-refractivity contribution is 0.174. The molecule has 0 fully saturated rings. The van der Waals surface area contributed by atoms with Gasteiger partial charge in [-0.25, -0.2) is 12.7 Å². The van der Waals surface area contributed by atoms with Gasteiger partial charge in [0.05, 0.1) is 11.4 Å². The number of anilines is 2. The molecule has 1 aliphatic rings. The van der Waals surface area contributed by atoms with Crippen LogP contribution in [0.15, 0.2) is 71.9 Å². The van der Waals surface area contributed by atoms with Crippen molar-refractivity contribution >= 4 is 38.7 Å². The third-order valence-corrected chi connectivity index (χ3v) is 7.00. The fourth-order valence-corrected chi connectivity index (χ4v) is 4.38. The maximum Gasteiger partial charge on any atom is 0.242 e. The molecule has 0 unspecified atom stereocenters. The molecule has 0 atom stereocenters. The van der Waals surface area contributed by atoms with Gasteiger partial charge in [-0.1, -0.05) is 6.07 Å². The van der Waals surface area contributed by atoms with E-state index in [9.17, 15) is 8.42 Å². The van der Waals surface area contributed by atoms with Gasteiger partial charge in [-0.3, -0.25) is 4.98 Å². The molecule has 0 aliphatic carbocycles. The van der Waals surface area contributed by atoms with Crippen LogP contribution in [0.1, 0.15) is 5.56 Å². The Morgan fingerprint density at radius 2 is 1.81 bits per heavy atom. The van der Waals surface area contributed by atoms with Crippen molar-refractivity contribution in [1.29, 1.82) is 0 Å². The summed E-state index contributed by atoms with van der Waals surface area (Å²) < 4.78 is 37.1. The Morgan fingerprint density at radius 1 is 1.06 bits per heavy atom. The standard InChI is InChI=1S/C22H22N4O4S2/c1-25(2)32(27,28)19-5-3-4-17(12-19)24-22(31)26(14-16-8-10-23-11-9-16)18-6-7-20-21(13-18)30-15-29-20/h3-13H,14-15H2,1-2H3,(H,24,31). The third-order valence-electron chi connectivity index (χ3n) is 4.87. The largest absolute Gasteiger partial charge is 0.454 e. The number of hydrogen-bond acceptors (Lipinski definition) is 6. The van der Waals surface area contributed by atoms with Crippen LogP contribution in [0.3, 0.4) is 0 Å². The molecule has 1 N–H and O–H groups in total. The smallest absolute Gasteiger partial charge is 0.242 e. The van der Waals surface area contributed by atoms with E-state index in [1.165, 1.54) is 18.4 Å². The first-order valence-corrected chi connectivity index (χ1v) is 11.6. The maximum atomic E-state index is 12.5. The van der Waals surface area contributed by atoms with Gasteiger partial charge in [0, 0.05) is 43.9 Å². The van der Waals surface area contributed by atoms with E-state index < -0.39 is 10.0 Å². The quantitative estimate of drug-likeness (QED) is 0.549. The highest BCUT2D eigenvalue weighted by Gasteiger charge is 2.21. The number of ether oxygens (including phenoxy) is 2. The summed E-state index contributed by atoms with van der Waals surface area (Å²) in [5.74, 6) is 1.32. The Kier molecular flexibility index (Phi) is 6.26. The fraction of sp³-hybridized carbons (Fsp3) is 0.182. The molecule has 166 valence electrons. The second-order valence-corrected chi connectivity index (χ2v) is 9.76. The van der Waals surface area contributed by atoms with E-state index in [1.54, 1.807) is 36.7 Å². The molecule has 0 amide bonds. The molecular formula is C22H22N4O4S2. The molecule has 2 aromatic carbocycles. The molecule has 1 aliphatic heterocycles. The van der Waals surface area contributed by atoms with E-state index >= 15 is 0 Å². The molecule has 1 aromatic heterocycles. The topological polar surface area (TPSA) is 84.0 Å². The molecule has 3 aromatic rings. The number of nitrogens with one attached hydrogen (secondary N) is 1. The zero-order chi connectivity index (χ0) is 22.7. The number of hydrogen-bond donors (Lipinski definition) is 1. The Morgan fingerprint density at radius 3 is 2.56 bits per heavy atom. The van der Waals surface area contributed by atoms with Crippen LogP contribution in [-0.4, -0.2) is 43.7 Å². The predicted octanol–water partition coefficient (Wildman–Crippen LogP) is 3.46. The Hall–Kier alpha value is -3.21. The number of fused-ring (bicyclic) bond motifs is 1. The van der Waals surface area contributed by atoms with Crippen molar-refractivity contribution in [2.24, 2.45) is 0 Å². The molecule has 8 nitrogen and oxygen atoms in total. The first-order chi connectivity index (χ1) is 15.3. The van der Waals surface area contributed by atoms with Gasteiger partial charge < -0.3 is 19.7 Å². The lowest BCUT2D eigenvalue weighted by Crippen LogP contribution is -2.34. The minimum Gasteiger partial charge on any atom is -0.454 e. The number of thiocarbonyl (C=S) groups is 1. The normalized spacial score (nSPS) is 12.6. The summed E-state index contributed by atoms with van der Waals surface area (Å²) in [5.41, 5.74) is 2.38. The minimum absolute atomic E-state index is 0.180. The number of aromatic nitrogens is 1. The van der Waals surface area contributed by atoms with Crippen LogP contribution in [0.5, 0.6) is 11.5 Å². The SMILES string of the molecule is CN(C)S(=O)(=O)c1cccc(NC(=S)N(Cc2ccncc2)c2ccc3c(c2)OCO3)c1. The second kappa shape index (κ2) is 9.11. The number of nitrogens with zero attached hydrogens (tertiary/aromatic N) is 3. The molecule has 32 heavy (non-hydrogen) atoms. The van der Waals surface area contributed by atoms with Gasteiger partial charge in [-0.15, -0.1) is 0 Å². The average Bonchev–Trinajstić information content (AvgIpc) is 3.26. The number of pyridine rings is 1. The fourth-order valence-electron chi connectivity index (χ4n) is 3.14. The first kappa shape index (κ1) is 22.0. The van der Waals surface area contributed by atoms with Gasteiger partial charge >= 0.3 is 0 Å². The summed E-state index contributed by atoms with van der Waals surface area (Å²) in [7, 11) is -0.572. The van der Waals surface area contributed by atoms with Gasteiger partial charge in [-0.05, 0) is 60.2 Å². The second-order valence-electron chi connectivity index (χ2n) is 7.22. The van der Waals surface area contributed by atoms with Crippen LogP contribution in [-0.2, 0) is 16.6 Å². The van der Waals surface area contributed by atoms with Gasteiger partial charge in [0.25, 0.3) is 0 Å². The highest BCUT2D eigenvalue weighted by atomic mass is 32.2. The molecule has 10 heteroatoms. The van der Waals surface area contributed by atoms with E-state index in [1.807, 2.05) is 35.2 Å². The Bertz CT molecular complexity index is 1230. The van der Waals surface area contributed by atoms with Gasteiger partial charge in [0.1, 0.15) is 0 Å². The molecule has 4 rings (SSSR count). The van der Waals surface area contributed by atoms with Crippen LogP contribution in [0.4, 0.5) is 11.4 Å². The van der Waals surface area contributed by atoms with E-state index in [2.05, 4.69) is 10.3 Å². The van der Waals surface area contributed by atoms with Crippen molar-refractivity contribution in [2.45, 2.75) is 11.4 Å². The summed E-state index contributed by atoms with van der Waals surface area (Å²) in [6.45, 7) is 0.655. The van der Waals surface area contributed by atoms with E-state index in [4.69, 9.17) is 21.7 Å². The minimum atomic E-state index is -3.56. The molecule has 0 spiro atoms. The van der Waals surface area contributed by atoms with Crippen molar-refractivity contribution in [3.05, 3.63) is 72.6 Å². The van der Waals surface area contributed by atoms with Gasteiger partial charge in [0.15, 0.2) is 16.6 Å². The summed E-state index contributed by atoms with van der Waals surface area (Å²) >= 11 is 5.72. The number of rotatable bonds is 6. The summed E-state index contributed by atoms with van der Waals surface area (Å²) in [6, 6.07) is 16.0. The maximum absolute atomic E-state index is 12.5. The van der Waals surface area contributed by atoms with Crippen LogP contribution in [0.2, 0.25) is 0 Å². The van der Waals surface area contributed by atoms with E-state index in [-0.39, 0.29) is 11.7 Å². The molecule has 0 radical (unpaired) electrons. The monoisotopic (exact) mass is 470 g/mol. The highest BCUT2D eigenvalue weighted by Crippen LogP contribution is 2.36. The third kappa shape index (κ3) is 4.67. The highest BCUT2D eigenvalue weighted by molar-refractivity contribution is 7.89. The molecule has 0 saturated carbocycles. The van der Waals surface area contributed by atoms with E-state index in [0.717, 1.165) is 11.3 Å². The van der Waals surface area contributed by atoms with Crippen LogP contribution in [0, 0.1) is 0 Å². The molecular weight excluding hydrogens is 448 g/mol. The van der Waals surface area contributed by atoms with Crippen molar-refractivity contribution in [3.63, 3.8) is 0 Å². The zero-order valence-corrected chi connectivity index (χ0v) is 19.2. The first-order valence-electron chi connectivity index (χ1n) is 9.74. The lowest BCUT2D eigenvalue weighted by Gasteiger charge is -2.26. The van der Waals surface area contributed by atoms with Gasteiger partial charge in [-0.2, -0.15) is 0 Å². The number of sulfonamides is 1. The van der Waals surface area contributed by atoms with Crippen molar-refractivity contribution < 1.29 is 17.9 Å². The van der Waals surface area contributed by atoms with Crippen molar-refractivity contribution in [2.75, 3.05) is 31.1 Å². The average molecular weight is 471 g/mol. The summed E-state index contributed by atoms with van der Waals surface area (Å²) in [6.07, 6.45) is 3.44. The Balaban J connectivity index is 1.64. The van der Waals surface area contributed by atoms with Crippen LogP contribution in [0.25, 0.3) is 0 Å². The van der Waals surface area contributed by atoms with Crippen molar-refractivity contribution in [3.8, 4) is 11.5 Å². The molecule has 0 bridgehead atoms. The summed E-state index contributed by atoms with van der Waals surface area (Å²) in [4.78, 5) is 6.15. The van der Waals surface area contributed by atoms with Crippen LogP contribution < -0.4 is 19.7 Å². The predicted molar refractivity (Wildman–Crippen MR) is 127 cm³/mol. The van der Waals surface area contributed by atoms with Crippen LogP contribution >= 0.6 is 12.2 Å².